The third kappa shape index (κ3) is 2.66. The summed E-state index contributed by atoms with van der Waals surface area (Å²) in [6.45, 7) is 0.352. The number of rotatable bonds is 3. The number of hydrogen-bond donors (Lipinski definition) is 1. The SMILES string of the molecule is CN(Cc1ncc[nH]1)C(=O)c1ccc(F)cn1. The van der Waals surface area contributed by atoms with Gasteiger partial charge in [-0.05, 0) is 12.1 Å². The van der Waals surface area contributed by atoms with Crippen molar-refractivity contribution in [2.24, 2.45) is 0 Å². The highest BCUT2D eigenvalue weighted by Gasteiger charge is 2.14. The van der Waals surface area contributed by atoms with Crippen LogP contribution in [-0.2, 0) is 6.54 Å². The van der Waals surface area contributed by atoms with E-state index in [4.69, 9.17) is 0 Å². The minimum Gasteiger partial charge on any atom is -0.347 e. The summed E-state index contributed by atoms with van der Waals surface area (Å²) in [4.78, 5) is 24.0. The number of carbonyl (C=O) groups excluding carboxylic acids is 1. The van der Waals surface area contributed by atoms with E-state index in [1.165, 1.54) is 17.0 Å². The van der Waals surface area contributed by atoms with Crippen LogP contribution in [0.25, 0.3) is 0 Å². The minimum absolute atomic E-state index is 0.209. The average molecular weight is 234 g/mol. The zero-order valence-electron chi connectivity index (χ0n) is 9.22. The number of amides is 1. The van der Waals surface area contributed by atoms with E-state index in [0.717, 1.165) is 6.20 Å². The van der Waals surface area contributed by atoms with Gasteiger partial charge >= 0.3 is 0 Å². The zero-order chi connectivity index (χ0) is 12.3. The smallest absolute Gasteiger partial charge is 0.272 e. The molecule has 0 saturated heterocycles. The summed E-state index contributed by atoms with van der Waals surface area (Å²) in [5.74, 6) is -0.0559. The number of H-pyrrole nitrogens is 1. The number of aromatic nitrogens is 3. The maximum atomic E-state index is 12.7. The van der Waals surface area contributed by atoms with E-state index in [1.54, 1.807) is 19.4 Å². The number of halogens is 1. The van der Waals surface area contributed by atoms with Gasteiger partial charge in [0.15, 0.2) is 0 Å². The van der Waals surface area contributed by atoms with Crippen molar-refractivity contribution in [1.82, 2.24) is 19.9 Å². The molecule has 0 radical (unpaired) electrons. The Balaban J connectivity index is 2.07. The van der Waals surface area contributed by atoms with E-state index >= 15 is 0 Å². The van der Waals surface area contributed by atoms with E-state index in [1.807, 2.05) is 0 Å². The molecule has 0 aliphatic carbocycles. The number of pyridine rings is 1. The van der Waals surface area contributed by atoms with Crippen molar-refractivity contribution in [2.45, 2.75) is 6.54 Å². The molecule has 2 heterocycles. The van der Waals surface area contributed by atoms with Crippen molar-refractivity contribution in [2.75, 3.05) is 7.05 Å². The van der Waals surface area contributed by atoms with Crippen molar-refractivity contribution in [1.29, 1.82) is 0 Å². The Labute approximate surface area is 97.3 Å². The van der Waals surface area contributed by atoms with Crippen molar-refractivity contribution < 1.29 is 9.18 Å². The molecule has 0 bridgehead atoms. The van der Waals surface area contributed by atoms with Crippen LogP contribution in [0.5, 0.6) is 0 Å². The van der Waals surface area contributed by atoms with Crippen molar-refractivity contribution >= 4 is 5.91 Å². The molecule has 0 unspecified atom stereocenters. The standard InChI is InChI=1S/C11H11FN4O/c1-16(7-10-13-4-5-14-10)11(17)9-3-2-8(12)6-15-9/h2-6H,7H2,1H3,(H,13,14). The maximum absolute atomic E-state index is 12.7. The Morgan fingerprint density at radius 1 is 1.47 bits per heavy atom. The number of aromatic amines is 1. The highest BCUT2D eigenvalue weighted by atomic mass is 19.1. The molecule has 1 N–H and O–H groups in total. The molecule has 6 heteroatoms. The van der Waals surface area contributed by atoms with Gasteiger partial charge in [-0.2, -0.15) is 0 Å². The lowest BCUT2D eigenvalue weighted by Gasteiger charge is -2.14. The van der Waals surface area contributed by atoms with Crippen LogP contribution in [-0.4, -0.2) is 32.8 Å². The van der Waals surface area contributed by atoms with Crippen LogP contribution in [0.15, 0.2) is 30.7 Å². The fourth-order valence-electron chi connectivity index (χ4n) is 1.38. The van der Waals surface area contributed by atoms with Gasteiger partial charge in [0.05, 0.1) is 12.7 Å². The van der Waals surface area contributed by atoms with Crippen LogP contribution in [0.4, 0.5) is 4.39 Å². The minimum atomic E-state index is -0.463. The second-order valence-corrected chi connectivity index (χ2v) is 3.56. The van der Waals surface area contributed by atoms with Crippen LogP contribution < -0.4 is 0 Å². The van der Waals surface area contributed by atoms with Crippen LogP contribution in [0.3, 0.4) is 0 Å². The molecule has 0 aliphatic heterocycles. The van der Waals surface area contributed by atoms with Gasteiger partial charge in [0.1, 0.15) is 17.3 Å². The number of nitrogens with zero attached hydrogens (tertiary/aromatic N) is 3. The molecule has 2 aromatic heterocycles. The predicted molar refractivity (Wildman–Crippen MR) is 58.6 cm³/mol. The first-order valence-electron chi connectivity index (χ1n) is 5.02. The molecule has 0 aromatic carbocycles. The molecule has 1 amide bonds. The molecule has 17 heavy (non-hydrogen) atoms. The van der Waals surface area contributed by atoms with E-state index < -0.39 is 5.82 Å². The lowest BCUT2D eigenvalue weighted by atomic mass is 10.3. The highest BCUT2D eigenvalue weighted by Crippen LogP contribution is 2.04. The second kappa shape index (κ2) is 4.73. The monoisotopic (exact) mass is 234 g/mol. The van der Waals surface area contributed by atoms with Crippen LogP contribution in [0.1, 0.15) is 16.3 Å². The lowest BCUT2D eigenvalue weighted by molar-refractivity contribution is 0.0776. The Morgan fingerprint density at radius 2 is 2.29 bits per heavy atom. The van der Waals surface area contributed by atoms with Gasteiger partial charge < -0.3 is 9.88 Å². The molecule has 2 aromatic rings. The van der Waals surface area contributed by atoms with Gasteiger partial charge in [-0.25, -0.2) is 14.4 Å². The summed E-state index contributed by atoms with van der Waals surface area (Å²) in [6.07, 6.45) is 4.32. The quantitative estimate of drug-likeness (QED) is 0.868. The van der Waals surface area contributed by atoms with Gasteiger partial charge in [-0.1, -0.05) is 0 Å². The molecule has 0 fully saturated rings. The lowest BCUT2D eigenvalue weighted by Crippen LogP contribution is -2.27. The predicted octanol–water partition coefficient (Wildman–Crippen LogP) is 1.22. The molecule has 88 valence electrons. The molecule has 5 nitrogen and oxygen atoms in total. The number of carbonyl (C=O) groups is 1. The number of hydrogen-bond acceptors (Lipinski definition) is 3. The van der Waals surface area contributed by atoms with Crippen LogP contribution in [0.2, 0.25) is 0 Å². The first-order valence-corrected chi connectivity index (χ1v) is 5.02. The highest BCUT2D eigenvalue weighted by molar-refractivity contribution is 5.91. The molecule has 0 atom stereocenters. The normalized spacial score (nSPS) is 10.2. The van der Waals surface area contributed by atoms with Crippen molar-refractivity contribution in [3.63, 3.8) is 0 Å². The van der Waals surface area contributed by atoms with Crippen molar-refractivity contribution in [3.05, 3.63) is 48.1 Å². The van der Waals surface area contributed by atoms with E-state index in [9.17, 15) is 9.18 Å². The van der Waals surface area contributed by atoms with Crippen LogP contribution >= 0.6 is 0 Å². The fraction of sp³-hybridized carbons (Fsp3) is 0.182. The first-order chi connectivity index (χ1) is 8.16. The summed E-state index contributed by atoms with van der Waals surface area (Å²) >= 11 is 0. The summed E-state index contributed by atoms with van der Waals surface area (Å²) in [7, 11) is 1.63. The summed E-state index contributed by atoms with van der Waals surface area (Å²) in [6, 6.07) is 2.57. The molecule has 0 aliphatic rings. The van der Waals surface area contributed by atoms with E-state index in [2.05, 4.69) is 15.0 Å². The molecular weight excluding hydrogens is 223 g/mol. The summed E-state index contributed by atoms with van der Waals surface area (Å²) in [5, 5.41) is 0. The number of nitrogens with one attached hydrogen (secondary N) is 1. The fourth-order valence-corrected chi connectivity index (χ4v) is 1.38. The zero-order valence-corrected chi connectivity index (χ0v) is 9.22. The van der Waals surface area contributed by atoms with E-state index in [-0.39, 0.29) is 11.6 Å². The van der Waals surface area contributed by atoms with Crippen LogP contribution in [0, 0.1) is 5.82 Å². The topological polar surface area (TPSA) is 61.9 Å². The molecule has 2 rings (SSSR count). The maximum Gasteiger partial charge on any atom is 0.272 e. The Bertz CT molecular complexity index is 495. The average Bonchev–Trinajstić information content (AvgIpc) is 2.82. The Hall–Kier alpha value is -2.24. The Morgan fingerprint density at radius 3 is 2.88 bits per heavy atom. The first kappa shape index (κ1) is 11.3. The summed E-state index contributed by atoms with van der Waals surface area (Å²) in [5.41, 5.74) is 0.209. The van der Waals surface area contributed by atoms with Gasteiger partial charge in [-0.15, -0.1) is 0 Å². The largest absolute Gasteiger partial charge is 0.347 e. The molecule has 0 spiro atoms. The number of imidazole rings is 1. The second-order valence-electron chi connectivity index (χ2n) is 3.56. The van der Waals surface area contributed by atoms with Gasteiger partial charge in [0.25, 0.3) is 5.91 Å². The Kier molecular flexibility index (Phi) is 3.13. The van der Waals surface area contributed by atoms with Gasteiger partial charge in [0.2, 0.25) is 0 Å². The van der Waals surface area contributed by atoms with Gasteiger partial charge in [0, 0.05) is 19.4 Å². The van der Waals surface area contributed by atoms with Gasteiger partial charge in [-0.3, -0.25) is 4.79 Å². The molecule has 0 saturated carbocycles. The molecular formula is C11H11FN4O. The van der Waals surface area contributed by atoms with E-state index in [0.29, 0.717) is 12.4 Å². The summed E-state index contributed by atoms with van der Waals surface area (Å²) < 4.78 is 12.7. The third-order valence-electron chi connectivity index (χ3n) is 2.23. The third-order valence-corrected chi connectivity index (χ3v) is 2.23. The van der Waals surface area contributed by atoms with Crippen molar-refractivity contribution in [3.8, 4) is 0 Å².